The van der Waals surface area contributed by atoms with Gasteiger partial charge in [-0.15, -0.1) is 11.8 Å². The Morgan fingerprint density at radius 3 is 2.65 bits per heavy atom. The zero-order chi connectivity index (χ0) is 12.3. The Hall–Kier alpha value is -0.640. The van der Waals surface area contributed by atoms with E-state index in [0.29, 0.717) is 10.7 Å². The highest BCUT2D eigenvalue weighted by atomic mass is 79.9. The highest BCUT2D eigenvalue weighted by Crippen LogP contribution is 2.30. The summed E-state index contributed by atoms with van der Waals surface area (Å²) in [6.07, 6.45) is 0. The third kappa shape index (κ3) is 3.41. The molecule has 0 bridgehead atoms. The zero-order valence-corrected chi connectivity index (χ0v) is 12.1. The average Bonchev–Trinajstić information content (AvgIpc) is 2.32. The zero-order valence-electron chi connectivity index (χ0n) is 8.99. The standard InChI is InChI=1S/C13H11BrClNS/c14-11-4-2-1-3-9(11)8-17-10-5-6-13(16)12(15)7-10/h1-7H,8,16H2. The summed E-state index contributed by atoms with van der Waals surface area (Å²) >= 11 is 11.3. The molecule has 88 valence electrons. The SMILES string of the molecule is Nc1ccc(SCc2ccccc2Br)cc1Cl. The Morgan fingerprint density at radius 2 is 1.94 bits per heavy atom. The van der Waals surface area contributed by atoms with Crippen molar-refractivity contribution < 1.29 is 0 Å². The fraction of sp³-hybridized carbons (Fsp3) is 0.0769. The van der Waals surface area contributed by atoms with Gasteiger partial charge in [-0.05, 0) is 29.8 Å². The van der Waals surface area contributed by atoms with Gasteiger partial charge < -0.3 is 5.73 Å². The fourth-order valence-corrected chi connectivity index (χ4v) is 3.17. The predicted molar refractivity (Wildman–Crippen MR) is 79.6 cm³/mol. The molecule has 2 aromatic carbocycles. The molecule has 0 aliphatic carbocycles. The van der Waals surface area contributed by atoms with Crippen LogP contribution in [0.15, 0.2) is 51.8 Å². The van der Waals surface area contributed by atoms with Crippen molar-refractivity contribution in [1.29, 1.82) is 0 Å². The number of hydrogen-bond acceptors (Lipinski definition) is 2. The average molecular weight is 329 g/mol. The summed E-state index contributed by atoms with van der Waals surface area (Å²) in [5.74, 6) is 0.904. The molecule has 0 atom stereocenters. The lowest BCUT2D eigenvalue weighted by Crippen LogP contribution is -1.86. The smallest absolute Gasteiger partial charge is 0.0646 e. The van der Waals surface area contributed by atoms with E-state index < -0.39 is 0 Å². The molecule has 2 aromatic rings. The molecule has 0 unspecified atom stereocenters. The van der Waals surface area contributed by atoms with Crippen LogP contribution in [-0.2, 0) is 5.75 Å². The van der Waals surface area contributed by atoms with Gasteiger partial charge in [-0.3, -0.25) is 0 Å². The molecule has 0 aliphatic rings. The van der Waals surface area contributed by atoms with Gasteiger partial charge in [0.25, 0.3) is 0 Å². The summed E-state index contributed by atoms with van der Waals surface area (Å²) in [5.41, 5.74) is 7.56. The molecule has 0 aromatic heterocycles. The Morgan fingerprint density at radius 1 is 1.18 bits per heavy atom. The second kappa shape index (κ2) is 5.80. The van der Waals surface area contributed by atoms with Crippen molar-refractivity contribution in [3.63, 3.8) is 0 Å². The quantitative estimate of drug-likeness (QED) is 0.635. The van der Waals surface area contributed by atoms with Gasteiger partial charge in [0.15, 0.2) is 0 Å². The molecule has 0 heterocycles. The molecule has 0 radical (unpaired) electrons. The highest BCUT2D eigenvalue weighted by molar-refractivity contribution is 9.10. The van der Waals surface area contributed by atoms with Crippen molar-refractivity contribution in [3.8, 4) is 0 Å². The number of benzene rings is 2. The van der Waals surface area contributed by atoms with Crippen molar-refractivity contribution >= 4 is 45.0 Å². The van der Waals surface area contributed by atoms with Crippen LogP contribution in [0.4, 0.5) is 5.69 Å². The maximum atomic E-state index is 5.98. The number of anilines is 1. The summed E-state index contributed by atoms with van der Waals surface area (Å²) in [6.45, 7) is 0. The van der Waals surface area contributed by atoms with Crippen LogP contribution in [0.25, 0.3) is 0 Å². The molecule has 0 aliphatic heterocycles. The van der Waals surface area contributed by atoms with Crippen molar-refractivity contribution in [2.75, 3.05) is 5.73 Å². The van der Waals surface area contributed by atoms with Gasteiger partial charge >= 0.3 is 0 Å². The molecule has 17 heavy (non-hydrogen) atoms. The first-order chi connectivity index (χ1) is 8.16. The van der Waals surface area contributed by atoms with E-state index in [1.807, 2.05) is 36.4 Å². The molecule has 2 rings (SSSR count). The van der Waals surface area contributed by atoms with E-state index in [2.05, 4.69) is 22.0 Å². The topological polar surface area (TPSA) is 26.0 Å². The van der Waals surface area contributed by atoms with Crippen molar-refractivity contribution in [2.45, 2.75) is 10.6 Å². The monoisotopic (exact) mass is 327 g/mol. The summed E-state index contributed by atoms with van der Waals surface area (Å²) in [6, 6.07) is 13.9. The summed E-state index contributed by atoms with van der Waals surface area (Å²) in [5, 5.41) is 0.613. The van der Waals surface area contributed by atoms with Gasteiger partial charge in [0.1, 0.15) is 0 Å². The summed E-state index contributed by atoms with van der Waals surface area (Å²) in [4.78, 5) is 1.12. The van der Waals surface area contributed by atoms with E-state index in [9.17, 15) is 0 Å². The largest absolute Gasteiger partial charge is 0.398 e. The fourth-order valence-electron chi connectivity index (χ4n) is 1.37. The second-order valence-corrected chi connectivity index (χ2v) is 5.87. The number of halogens is 2. The van der Waals surface area contributed by atoms with Crippen LogP contribution in [0.2, 0.25) is 5.02 Å². The number of thioether (sulfide) groups is 1. The minimum atomic E-state index is 0.613. The molecular formula is C13H11BrClNS. The van der Waals surface area contributed by atoms with Crippen LogP contribution in [0.5, 0.6) is 0 Å². The van der Waals surface area contributed by atoms with E-state index in [1.165, 1.54) is 5.56 Å². The minimum absolute atomic E-state index is 0.613. The van der Waals surface area contributed by atoms with Crippen LogP contribution in [0.1, 0.15) is 5.56 Å². The maximum absolute atomic E-state index is 5.98. The van der Waals surface area contributed by atoms with E-state index in [0.717, 1.165) is 15.1 Å². The van der Waals surface area contributed by atoms with E-state index in [4.69, 9.17) is 17.3 Å². The normalized spacial score (nSPS) is 10.5. The van der Waals surface area contributed by atoms with E-state index >= 15 is 0 Å². The third-order valence-electron chi connectivity index (χ3n) is 2.32. The lowest BCUT2D eigenvalue weighted by atomic mass is 10.2. The van der Waals surface area contributed by atoms with Gasteiger partial charge in [0.2, 0.25) is 0 Å². The number of rotatable bonds is 3. The number of hydrogen-bond donors (Lipinski definition) is 1. The van der Waals surface area contributed by atoms with Crippen molar-refractivity contribution in [3.05, 3.63) is 57.5 Å². The van der Waals surface area contributed by atoms with Crippen LogP contribution in [0.3, 0.4) is 0 Å². The van der Waals surface area contributed by atoms with Gasteiger partial charge in [0.05, 0.1) is 10.7 Å². The predicted octanol–water partition coefficient (Wildman–Crippen LogP) is 4.98. The minimum Gasteiger partial charge on any atom is -0.398 e. The molecule has 1 nitrogen and oxygen atoms in total. The van der Waals surface area contributed by atoms with Crippen LogP contribution in [-0.4, -0.2) is 0 Å². The lowest BCUT2D eigenvalue weighted by Gasteiger charge is -2.05. The Balaban J connectivity index is 2.08. The molecule has 2 N–H and O–H groups in total. The van der Waals surface area contributed by atoms with Crippen molar-refractivity contribution in [2.24, 2.45) is 0 Å². The number of nitrogen functional groups attached to an aromatic ring is 1. The van der Waals surface area contributed by atoms with Gasteiger partial charge in [0, 0.05) is 15.1 Å². The van der Waals surface area contributed by atoms with E-state index in [1.54, 1.807) is 11.8 Å². The highest BCUT2D eigenvalue weighted by Gasteiger charge is 2.02. The lowest BCUT2D eigenvalue weighted by molar-refractivity contribution is 1.36. The van der Waals surface area contributed by atoms with Crippen LogP contribution in [0, 0.1) is 0 Å². The molecule has 0 amide bonds. The van der Waals surface area contributed by atoms with Crippen LogP contribution >= 0.6 is 39.3 Å². The Labute approximate surface area is 118 Å². The van der Waals surface area contributed by atoms with Crippen molar-refractivity contribution in [1.82, 2.24) is 0 Å². The van der Waals surface area contributed by atoms with Crippen LogP contribution < -0.4 is 5.73 Å². The van der Waals surface area contributed by atoms with E-state index in [-0.39, 0.29) is 0 Å². The summed E-state index contributed by atoms with van der Waals surface area (Å²) < 4.78 is 1.13. The third-order valence-corrected chi connectivity index (χ3v) is 4.47. The second-order valence-electron chi connectivity index (χ2n) is 3.56. The molecule has 0 spiro atoms. The molecular weight excluding hydrogens is 318 g/mol. The van der Waals surface area contributed by atoms with Gasteiger partial charge in [-0.2, -0.15) is 0 Å². The summed E-state index contributed by atoms with van der Waals surface area (Å²) in [7, 11) is 0. The molecule has 0 saturated carbocycles. The maximum Gasteiger partial charge on any atom is 0.0646 e. The number of nitrogens with two attached hydrogens (primary N) is 1. The first-order valence-electron chi connectivity index (χ1n) is 5.08. The molecule has 0 saturated heterocycles. The first kappa shape index (κ1) is 12.8. The molecule has 4 heteroatoms. The van der Waals surface area contributed by atoms with Gasteiger partial charge in [-0.1, -0.05) is 45.7 Å². The van der Waals surface area contributed by atoms with Gasteiger partial charge in [-0.25, -0.2) is 0 Å². The first-order valence-corrected chi connectivity index (χ1v) is 7.23. The molecule has 0 fully saturated rings. The Kier molecular flexibility index (Phi) is 4.37. The Bertz CT molecular complexity index is 531.